The van der Waals surface area contributed by atoms with Crippen LogP contribution in [0.5, 0.6) is 5.75 Å². The van der Waals surface area contributed by atoms with Gasteiger partial charge in [-0.15, -0.1) is 0 Å². The molecule has 0 atom stereocenters. The molecule has 2 aromatic heterocycles. The van der Waals surface area contributed by atoms with E-state index in [1.54, 1.807) is 10.7 Å². The minimum absolute atomic E-state index is 0.152. The van der Waals surface area contributed by atoms with E-state index < -0.39 is 5.82 Å². The SMILES string of the molecule is COc1cc(F)cc(CNC(=O)c2ncn3ccccc23)c1Br. The van der Waals surface area contributed by atoms with Crippen LogP contribution >= 0.6 is 15.9 Å². The molecule has 5 nitrogen and oxygen atoms in total. The number of nitrogens with zero attached hydrogens (tertiary/aromatic N) is 2. The van der Waals surface area contributed by atoms with E-state index in [4.69, 9.17) is 4.74 Å². The lowest BCUT2D eigenvalue weighted by Gasteiger charge is -2.10. The Morgan fingerprint density at radius 3 is 3.04 bits per heavy atom. The van der Waals surface area contributed by atoms with Gasteiger partial charge in [0.15, 0.2) is 5.69 Å². The summed E-state index contributed by atoms with van der Waals surface area (Å²) in [6, 6.07) is 8.12. The van der Waals surface area contributed by atoms with E-state index in [-0.39, 0.29) is 12.5 Å². The zero-order chi connectivity index (χ0) is 16.4. The van der Waals surface area contributed by atoms with Crippen LogP contribution in [0.1, 0.15) is 16.1 Å². The van der Waals surface area contributed by atoms with Crippen LogP contribution in [0, 0.1) is 5.82 Å². The fourth-order valence-electron chi connectivity index (χ4n) is 2.27. The van der Waals surface area contributed by atoms with E-state index in [1.165, 1.54) is 19.2 Å². The summed E-state index contributed by atoms with van der Waals surface area (Å²) >= 11 is 3.35. The number of fused-ring (bicyclic) bond motifs is 1. The molecule has 1 aromatic carbocycles. The molecule has 0 unspecified atom stereocenters. The summed E-state index contributed by atoms with van der Waals surface area (Å²) in [6.45, 7) is 0.152. The van der Waals surface area contributed by atoms with Gasteiger partial charge in [-0.3, -0.25) is 4.79 Å². The van der Waals surface area contributed by atoms with Crippen LogP contribution in [0.4, 0.5) is 4.39 Å². The quantitative estimate of drug-likeness (QED) is 0.759. The summed E-state index contributed by atoms with van der Waals surface area (Å²) in [4.78, 5) is 16.4. The Labute approximate surface area is 140 Å². The first kappa shape index (κ1) is 15.5. The molecule has 0 saturated carbocycles. The third-order valence-corrected chi connectivity index (χ3v) is 4.30. The largest absolute Gasteiger partial charge is 0.495 e. The summed E-state index contributed by atoms with van der Waals surface area (Å²) in [5.41, 5.74) is 1.62. The zero-order valence-electron chi connectivity index (χ0n) is 12.2. The Morgan fingerprint density at radius 1 is 1.43 bits per heavy atom. The maximum Gasteiger partial charge on any atom is 0.272 e. The maximum atomic E-state index is 13.6. The number of aromatic nitrogens is 2. The van der Waals surface area contributed by atoms with E-state index in [1.807, 2.05) is 24.4 Å². The molecule has 7 heteroatoms. The van der Waals surface area contributed by atoms with Crippen molar-refractivity contribution < 1.29 is 13.9 Å². The number of imidazole rings is 1. The van der Waals surface area contributed by atoms with Crippen molar-refractivity contribution in [3.63, 3.8) is 0 Å². The van der Waals surface area contributed by atoms with Crippen LogP contribution in [-0.2, 0) is 6.54 Å². The first-order valence-corrected chi connectivity index (χ1v) is 7.61. The highest BCUT2D eigenvalue weighted by molar-refractivity contribution is 9.10. The van der Waals surface area contributed by atoms with Gasteiger partial charge in [-0.2, -0.15) is 0 Å². The fourth-order valence-corrected chi connectivity index (χ4v) is 2.80. The Bertz CT molecular complexity index is 879. The van der Waals surface area contributed by atoms with Gasteiger partial charge in [0.2, 0.25) is 0 Å². The summed E-state index contributed by atoms with van der Waals surface area (Å²) in [6.07, 6.45) is 3.39. The summed E-state index contributed by atoms with van der Waals surface area (Å²) in [5.74, 6) is -0.378. The fraction of sp³-hybridized carbons (Fsp3) is 0.125. The molecule has 3 rings (SSSR count). The summed E-state index contributed by atoms with van der Waals surface area (Å²) in [7, 11) is 1.46. The molecule has 0 aliphatic heterocycles. The van der Waals surface area contributed by atoms with Crippen LogP contribution < -0.4 is 10.1 Å². The summed E-state index contributed by atoms with van der Waals surface area (Å²) in [5, 5.41) is 2.75. The van der Waals surface area contributed by atoms with Crippen molar-refractivity contribution in [1.29, 1.82) is 0 Å². The van der Waals surface area contributed by atoms with E-state index in [0.717, 1.165) is 0 Å². The predicted octanol–water partition coefficient (Wildman–Crippen LogP) is 3.17. The number of halogens is 2. The van der Waals surface area contributed by atoms with Crippen molar-refractivity contribution in [2.45, 2.75) is 6.54 Å². The van der Waals surface area contributed by atoms with Gasteiger partial charge in [0.1, 0.15) is 17.9 Å². The molecule has 0 fully saturated rings. The second kappa shape index (κ2) is 6.37. The van der Waals surface area contributed by atoms with Crippen molar-refractivity contribution in [1.82, 2.24) is 14.7 Å². The van der Waals surface area contributed by atoms with Gasteiger partial charge >= 0.3 is 0 Å². The lowest BCUT2D eigenvalue weighted by Crippen LogP contribution is -2.23. The number of carbonyl (C=O) groups is 1. The molecule has 1 amide bonds. The second-order valence-electron chi connectivity index (χ2n) is 4.85. The van der Waals surface area contributed by atoms with Gasteiger partial charge in [0.05, 0.1) is 17.1 Å². The molecule has 2 heterocycles. The number of methoxy groups -OCH3 is 1. The van der Waals surface area contributed by atoms with E-state index in [9.17, 15) is 9.18 Å². The average molecular weight is 378 g/mol. The van der Waals surface area contributed by atoms with E-state index in [0.29, 0.717) is 27.0 Å². The molecular formula is C16H13BrFN3O2. The van der Waals surface area contributed by atoms with Crippen LogP contribution in [0.3, 0.4) is 0 Å². The van der Waals surface area contributed by atoms with Gasteiger partial charge in [-0.25, -0.2) is 9.37 Å². The zero-order valence-corrected chi connectivity index (χ0v) is 13.8. The predicted molar refractivity (Wildman–Crippen MR) is 87.0 cm³/mol. The molecular weight excluding hydrogens is 365 g/mol. The number of carbonyl (C=O) groups excluding carboxylic acids is 1. The standard InChI is InChI=1S/C16H13BrFN3O2/c1-23-13-7-11(18)6-10(14(13)17)8-19-16(22)15-12-4-2-3-5-21(12)9-20-15/h2-7,9H,8H2,1H3,(H,19,22). The number of hydrogen-bond donors (Lipinski definition) is 1. The number of rotatable bonds is 4. The molecule has 118 valence electrons. The second-order valence-corrected chi connectivity index (χ2v) is 5.64. The van der Waals surface area contributed by atoms with Gasteiger partial charge < -0.3 is 14.5 Å². The molecule has 0 aliphatic carbocycles. The molecule has 0 radical (unpaired) electrons. The van der Waals surface area contributed by atoms with Gasteiger partial charge in [0.25, 0.3) is 5.91 Å². The van der Waals surface area contributed by atoms with Crippen LogP contribution in [0.2, 0.25) is 0 Å². The number of amides is 1. The Kier molecular flexibility index (Phi) is 4.29. The van der Waals surface area contributed by atoms with Crippen molar-refractivity contribution in [3.05, 3.63) is 64.4 Å². The number of hydrogen-bond acceptors (Lipinski definition) is 3. The molecule has 0 aliphatic rings. The first-order chi connectivity index (χ1) is 11.1. The lowest BCUT2D eigenvalue weighted by molar-refractivity contribution is 0.0948. The van der Waals surface area contributed by atoms with Crippen LogP contribution in [0.15, 0.2) is 47.3 Å². The molecule has 0 saturated heterocycles. The Morgan fingerprint density at radius 2 is 2.26 bits per heavy atom. The molecule has 0 spiro atoms. The number of pyridine rings is 1. The maximum absolute atomic E-state index is 13.6. The number of ether oxygens (including phenoxy) is 1. The Balaban J connectivity index is 1.81. The monoisotopic (exact) mass is 377 g/mol. The smallest absolute Gasteiger partial charge is 0.272 e. The minimum atomic E-state index is -0.429. The third-order valence-electron chi connectivity index (χ3n) is 3.40. The highest BCUT2D eigenvalue weighted by Gasteiger charge is 2.15. The lowest BCUT2D eigenvalue weighted by atomic mass is 10.2. The van der Waals surface area contributed by atoms with Crippen molar-refractivity contribution >= 4 is 27.4 Å². The van der Waals surface area contributed by atoms with Gasteiger partial charge in [0, 0.05) is 18.8 Å². The molecule has 0 bridgehead atoms. The van der Waals surface area contributed by atoms with E-state index in [2.05, 4.69) is 26.2 Å². The van der Waals surface area contributed by atoms with Crippen molar-refractivity contribution in [2.75, 3.05) is 7.11 Å². The Hall–Kier alpha value is -2.41. The third kappa shape index (κ3) is 3.05. The topological polar surface area (TPSA) is 55.6 Å². The van der Waals surface area contributed by atoms with Gasteiger partial charge in [-0.1, -0.05) is 6.07 Å². The van der Waals surface area contributed by atoms with Crippen LogP contribution in [-0.4, -0.2) is 22.4 Å². The van der Waals surface area contributed by atoms with Crippen LogP contribution in [0.25, 0.3) is 5.52 Å². The number of benzene rings is 1. The van der Waals surface area contributed by atoms with Crippen molar-refractivity contribution in [2.24, 2.45) is 0 Å². The highest BCUT2D eigenvalue weighted by atomic mass is 79.9. The molecule has 3 aromatic rings. The van der Waals surface area contributed by atoms with Gasteiger partial charge in [-0.05, 0) is 39.7 Å². The minimum Gasteiger partial charge on any atom is -0.495 e. The van der Waals surface area contributed by atoms with E-state index >= 15 is 0 Å². The summed E-state index contributed by atoms with van der Waals surface area (Å²) < 4.78 is 21.0. The molecule has 1 N–H and O–H groups in total. The first-order valence-electron chi connectivity index (χ1n) is 6.82. The van der Waals surface area contributed by atoms with Crippen molar-refractivity contribution in [3.8, 4) is 5.75 Å². The average Bonchev–Trinajstić information content (AvgIpc) is 2.99. The molecule has 23 heavy (non-hydrogen) atoms. The number of nitrogens with one attached hydrogen (secondary N) is 1. The highest BCUT2D eigenvalue weighted by Crippen LogP contribution is 2.29. The normalized spacial score (nSPS) is 10.7.